The molecule has 0 saturated carbocycles. The van der Waals surface area contributed by atoms with Crippen LogP contribution in [0.2, 0.25) is 0 Å². The van der Waals surface area contributed by atoms with Gasteiger partial charge in [-0.05, 0) is 22.0 Å². The first kappa shape index (κ1) is 12.6. The molecule has 0 aliphatic heterocycles. The maximum atomic E-state index is 13.2. The first-order valence-corrected chi connectivity index (χ1v) is 4.99. The number of hydrogen-bond acceptors (Lipinski definition) is 3. The van der Waals surface area contributed by atoms with Gasteiger partial charge in [-0.2, -0.15) is 0 Å². The Morgan fingerprint density at radius 2 is 2.12 bits per heavy atom. The van der Waals surface area contributed by atoms with Gasteiger partial charge in [-0.25, -0.2) is 13.6 Å². The summed E-state index contributed by atoms with van der Waals surface area (Å²) in [7, 11) is 1.22. The summed E-state index contributed by atoms with van der Waals surface area (Å²) in [6, 6.07) is 1.96. The Balaban J connectivity index is 2.78. The number of methoxy groups -OCH3 is 1. The fraction of sp³-hybridized carbons (Fsp3) is 0.100. The van der Waals surface area contributed by atoms with Gasteiger partial charge in [-0.15, -0.1) is 0 Å². The normalized spacial score (nSPS) is 10.5. The second-order valence-electron chi connectivity index (χ2n) is 2.75. The molecule has 0 radical (unpaired) electrons. The van der Waals surface area contributed by atoms with Crippen molar-refractivity contribution in [2.45, 2.75) is 0 Å². The van der Waals surface area contributed by atoms with Crippen LogP contribution < -0.4 is 5.32 Å². The van der Waals surface area contributed by atoms with E-state index in [2.05, 4.69) is 26.0 Å². The predicted octanol–water partition coefficient (Wildman–Crippen LogP) is 2.83. The number of ether oxygens (including phenoxy) is 1. The zero-order valence-corrected chi connectivity index (χ0v) is 9.85. The lowest BCUT2D eigenvalue weighted by Crippen LogP contribution is -1.98. The molecule has 1 aromatic rings. The van der Waals surface area contributed by atoms with Crippen LogP contribution in [0.5, 0.6) is 0 Å². The molecule has 86 valence electrons. The van der Waals surface area contributed by atoms with Gasteiger partial charge in [-0.1, -0.05) is 0 Å². The van der Waals surface area contributed by atoms with Gasteiger partial charge in [0.1, 0.15) is 11.6 Å². The molecule has 0 aromatic heterocycles. The molecular formula is C10H8BrF2NO2. The molecule has 0 bridgehead atoms. The van der Waals surface area contributed by atoms with E-state index in [0.29, 0.717) is 0 Å². The van der Waals surface area contributed by atoms with Crippen LogP contribution in [0.15, 0.2) is 28.9 Å². The van der Waals surface area contributed by atoms with E-state index in [1.807, 2.05) is 0 Å². The topological polar surface area (TPSA) is 38.3 Å². The molecular weight excluding hydrogens is 284 g/mol. The lowest BCUT2D eigenvalue weighted by molar-refractivity contribution is -0.134. The maximum Gasteiger partial charge on any atom is 0.331 e. The molecule has 0 heterocycles. The molecule has 0 aliphatic rings. The predicted molar refractivity (Wildman–Crippen MR) is 58.8 cm³/mol. The van der Waals surface area contributed by atoms with Crippen molar-refractivity contribution in [2.24, 2.45) is 0 Å². The number of anilines is 1. The van der Waals surface area contributed by atoms with Gasteiger partial charge in [-0.3, -0.25) is 0 Å². The first-order valence-electron chi connectivity index (χ1n) is 4.20. The fourth-order valence-electron chi connectivity index (χ4n) is 0.901. The number of rotatable bonds is 3. The summed E-state index contributed by atoms with van der Waals surface area (Å²) in [5, 5.41) is 2.49. The van der Waals surface area contributed by atoms with E-state index >= 15 is 0 Å². The molecule has 6 heteroatoms. The Hall–Kier alpha value is -1.43. The van der Waals surface area contributed by atoms with E-state index in [9.17, 15) is 13.6 Å². The number of esters is 1. The average Bonchev–Trinajstić information content (AvgIpc) is 2.25. The number of hydrogen-bond donors (Lipinski definition) is 1. The van der Waals surface area contributed by atoms with Gasteiger partial charge in [0.25, 0.3) is 0 Å². The lowest BCUT2D eigenvalue weighted by Gasteiger charge is -2.04. The van der Waals surface area contributed by atoms with Crippen molar-refractivity contribution < 1.29 is 18.3 Å². The molecule has 0 spiro atoms. The number of benzene rings is 1. The molecule has 0 aliphatic carbocycles. The van der Waals surface area contributed by atoms with Gasteiger partial charge < -0.3 is 10.1 Å². The monoisotopic (exact) mass is 291 g/mol. The smallest absolute Gasteiger partial charge is 0.331 e. The minimum atomic E-state index is -0.754. The van der Waals surface area contributed by atoms with E-state index in [1.54, 1.807) is 0 Å². The highest BCUT2D eigenvalue weighted by atomic mass is 79.9. The zero-order valence-electron chi connectivity index (χ0n) is 8.26. The molecule has 1 aromatic carbocycles. The summed E-state index contributed by atoms with van der Waals surface area (Å²) in [5.41, 5.74) is 0.0495. The third kappa shape index (κ3) is 3.30. The summed E-state index contributed by atoms with van der Waals surface area (Å²) in [6.45, 7) is 0. The van der Waals surface area contributed by atoms with Crippen molar-refractivity contribution in [3.05, 3.63) is 40.5 Å². The molecule has 3 nitrogen and oxygen atoms in total. The van der Waals surface area contributed by atoms with Crippen molar-refractivity contribution in [1.82, 2.24) is 0 Å². The molecule has 0 atom stereocenters. The Bertz CT molecular complexity index is 435. The second kappa shape index (κ2) is 5.60. The third-order valence-electron chi connectivity index (χ3n) is 1.67. The van der Waals surface area contributed by atoms with Crippen LogP contribution in [-0.4, -0.2) is 13.1 Å². The zero-order chi connectivity index (χ0) is 12.1. The van der Waals surface area contributed by atoms with E-state index in [-0.39, 0.29) is 10.2 Å². The molecule has 16 heavy (non-hydrogen) atoms. The summed E-state index contributed by atoms with van der Waals surface area (Å²) in [4.78, 5) is 10.7. The summed E-state index contributed by atoms with van der Waals surface area (Å²) >= 11 is 2.92. The Morgan fingerprint density at radius 1 is 1.44 bits per heavy atom. The summed E-state index contributed by atoms with van der Waals surface area (Å²) in [5.74, 6) is -2.02. The second-order valence-corrected chi connectivity index (χ2v) is 3.60. The van der Waals surface area contributed by atoms with Crippen LogP contribution in [0.1, 0.15) is 0 Å². The Kier molecular flexibility index (Phi) is 4.42. The van der Waals surface area contributed by atoms with E-state index in [4.69, 9.17) is 0 Å². The van der Waals surface area contributed by atoms with Gasteiger partial charge in [0, 0.05) is 18.3 Å². The maximum absolute atomic E-state index is 13.2. The molecule has 1 N–H and O–H groups in total. The van der Waals surface area contributed by atoms with Crippen LogP contribution in [0.3, 0.4) is 0 Å². The SMILES string of the molecule is COC(=O)/C=C/Nc1cc(Br)c(F)cc1F. The van der Waals surface area contributed by atoms with Crippen LogP contribution in [0.25, 0.3) is 0 Å². The van der Waals surface area contributed by atoms with Crippen LogP contribution in [-0.2, 0) is 9.53 Å². The number of halogens is 3. The molecule has 1 rings (SSSR count). The highest BCUT2D eigenvalue weighted by molar-refractivity contribution is 9.10. The van der Waals surface area contributed by atoms with Crippen LogP contribution in [0.4, 0.5) is 14.5 Å². The van der Waals surface area contributed by atoms with Crippen molar-refractivity contribution in [2.75, 3.05) is 12.4 Å². The standard InChI is InChI=1S/C10H8BrF2NO2/c1-16-10(15)2-3-14-9-4-6(11)7(12)5-8(9)13/h2-5,14H,1H3/b3-2+. The van der Waals surface area contributed by atoms with Gasteiger partial charge >= 0.3 is 5.97 Å². The van der Waals surface area contributed by atoms with E-state index in [1.165, 1.54) is 19.4 Å². The molecule has 0 fully saturated rings. The minimum Gasteiger partial charge on any atom is -0.466 e. The Labute approximate surface area is 99.2 Å². The fourth-order valence-corrected chi connectivity index (χ4v) is 1.24. The minimum absolute atomic E-state index is 0.0495. The summed E-state index contributed by atoms with van der Waals surface area (Å²) < 4.78 is 30.5. The van der Waals surface area contributed by atoms with E-state index in [0.717, 1.165) is 12.1 Å². The first-order chi connectivity index (χ1) is 7.54. The third-order valence-corrected chi connectivity index (χ3v) is 2.28. The highest BCUT2D eigenvalue weighted by Gasteiger charge is 2.06. The van der Waals surface area contributed by atoms with Gasteiger partial charge in [0.15, 0.2) is 0 Å². The van der Waals surface area contributed by atoms with E-state index < -0.39 is 17.6 Å². The highest BCUT2D eigenvalue weighted by Crippen LogP contribution is 2.23. The van der Waals surface area contributed by atoms with Crippen molar-refractivity contribution in [3.63, 3.8) is 0 Å². The molecule has 0 amide bonds. The number of carbonyl (C=O) groups excluding carboxylic acids is 1. The quantitative estimate of drug-likeness (QED) is 0.529. The molecule has 0 saturated heterocycles. The largest absolute Gasteiger partial charge is 0.466 e. The number of carbonyl (C=O) groups is 1. The van der Waals surface area contributed by atoms with Crippen molar-refractivity contribution in [3.8, 4) is 0 Å². The average molecular weight is 292 g/mol. The van der Waals surface area contributed by atoms with Crippen molar-refractivity contribution in [1.29, 1.82) is 0 Å². The Morgan fingerprint density at radius 3 is 2.75 bits per heavy atom. The number of nitrogens with one attached hydrogen (secondary N) is 1. The van der Waals surface area contributed by atoms with Crippen LogP contribution in [0, 0.1) is 11.6 Å². The lowest BCUT2D eigenvalue weighted by atomic mass is 10.3. The van der Waals surface area contributed by atoms with Crippen LogP contribution >= 0.6 is 15.9 Å². The summed E-state index contributed by atoms with van der Waals surface area (Å²) in [6.07, 6.45) is 2.28. The van der Waals surface area contributed by atoms with Crippen molar-refractivity contribution >= 4 is 27.6 Å². The molecule has 0 unspecified atom stereocenters. The van der Waals surface area contributed by atoms with Gasteiger partial charge in [0.05, 0.1) is 17.3 Å². The van der Waals surface area contributed by atoms with Gasteiger partial charge in [0.2, 0.25) is 0 Å².